The van der Waals surface area contributed by atoms with E-state index in [4.69, 9.17) is 9.47 Å². The van der Waals surface area contributed by atoms with Gasteiger partial charge in [0.15, 0.2) is 17.3 Å². The molecule has 0 spiro atoms. The van der Waals surface area contributed by atoms with Gasteiger partial charge >= 0.3 is 11.9 Å². The van der Waals surface area contributed by atoms with Gasteiger partial charge in [0.1, 0.15) is 25.3 Å². The van der Waals surface area contributed by atoms with Gasteiger partial charge in [0, 0.05) is 18.3 Å². The summed E-state index contributed by atoms with van der Waals surface area (Å²) in [5.74, 6) is -0.197. The molecule has 5 rings (SSSR count). The predicted molar refractivity (Wildman–Crippen MR) is 140 cm³/mol. The first-order valence-corrected chi connectivity index (χ1v) is 12.1. The highest BCUT2D eigenvalue weighted by molar-refractivity contribution is 5.96. The third-order valence-electron chi connectivity index (χ3n) is 6.29. The number of nitrogens with one attached hydrogen (secondary N) is 2. The molecule has 3 aromatic carbocycles. The summed E-state index contributed by atoms with van der Waals surface area (Å²) in [5, 5.41) is 8.91. The standard InChI is InChI=1S/C27H22F4N6O4/c1-36-25-19(15-3-8-21(22(9-15)40-2)41-13-23-32-14-33-35-23)10-16(27(29,30)31)11-20(25)37(26(36)39)12-24(38)34-18-6-4-17(28)5-7-18/h3-11,14H,12-13H2,1-2H3,(H,34,38)(H,32,33,35). The van der Waals surface area contributed by atoms with E-state index in [9.17, 15) is 27.2 Å². The number of ether oxygens (including phenoxy) is 2. The van der Waals surface area contributed by atoms with Crippen molar-refractivity contribution in [3.8, 4) is 22.6 Å². The molecule has 1 amide bonds. The Morgan fingerprint density at radius 2 is 1.83 bits per heavy atom. The van der Waals surface area contributed by atoms with Gasteiger partial charge in [-0.3, -0.25) is 19.0 Å². The second-order valence-corrected chi connectivity index (χ2v) is 8.96. The van der Waals surface area contributed by atoms with Crippen molar-refractivity contribution in [3.05, 3.63) is 88.6 Å². The van der Waals surface area contributed by atoms with Gasteiger partial charge in [-0.25, -0.2) is 14.2 Å². The molecule has 0 fully saturated rings. The van der Waals surface area contributed by atoms with E-state index < -0.39 is 35.7 Å². The number of alkyl halides is 3. The fourth-order valence-electron chi connectivity index (χ4n) is 4.37. The number of anilines is 1. The largest absolute Gasteiger partial charge is 0.493 e. The number of aromatic nitrogens is 5. The maximum atomic E-state index is 14.0. The van der Waals surface area contributed by atoms with Crippen LogP contribution in [-0.2, 0) is 31.2 Å². The lowest BCUT2D eigenvalue weighted by Crippen LogP contribution is -2.28. The molecule has 2 N–H and O–H groups in total. The number of aryl methyl sites for hydroxylation is 1. The summed E-state index contributed by atoms with van der Waals surface area (Å²) in [6.45, 7) is -0.535. The van der Waals surface area contributed by atoms with Crippen LogP contribution in [-0.4, -0.2) is 37.3 Å². The molecule has 0 saturated carbocycles. The molecule has 0 atom stereocenters. The second-order valence-electron chi connectivity index (χ2n) is 8.96. The number of nitrogens with zero attached hydrogens (tertiary/aromatic N) is 4. The van der Waals surface area contributed by atoms with Gasteiger partial charge < -0.3 is 14.8 Å². The van der Waals surface area contributed by atoms with Gasteiger partial charge in [-0.2, -0.15) is 18.3 Å². The minimum atomic E-state index is -4.75. The number of halogens is 4. The van der Waals surface area contributed by atoms with E-state index in [1.54, 1.807) is 0 Å². The van der Waals surface area contributed by atoms with E-state index in [2.05, 4.69) is 20.5 Å². The van der Waals surface area contributed by atoms with Crippen molar-refractivity contribution in [3.63, 3.8) is 0 Å². The Morgan fingerprint density at radius 1 is 1.07 bits per heavy atom. The van der Waals surface area contributed by atoms with Crippen LogP contribution in [0, 0.1) is 5.82 Å². The highest BCUT2D eigenvalue weighted by atomic mass is 19.4. The zero-order chi connectivity index (χ0) is 29.3. The zero-order valence-electron chi connectivity index (χ0n) is 21.6. The van der Waals surface area contributed by atoms with Gasteiger partial charge in [0.2, 0.25) is 5.91 Å². The quantitative estimate of drug-likeness (QED) is 0.265. The zero-order valence-corrected chi connectivity index (χ0v) is 21.6. The van der Waals surface area contributed by atoms with Crippen LogP contribution >= 0.6 is 0 Å². The number of H-pyrrole nitrogens is 1. The van der Waals surface area contributed by atoms with E-state index in [1.165, 1.54) is 55.4 Å². The molecule has 212 valence electrons. The van der Waals surface area contributed by atoms with E-state index in [0.29, 0.717) is 17.1 Å². The SMILES string of the molecule is COc1cc(-c2cc(C(F)(F)F)cc3c2n(C)c(=O)n3CC(=O)Nc2ccc(F)cc2)ccc1OCc1ncn[nH]1. The number of carbonyl (C=O) groups excluding carboxylic acids is 1. The van der Waals surface area contributed by atoms with Crippen LogP contribution in [0.1, 0.15) is 11.4 Å². The molecule has 41 heavy (non-hydrogen) atoms. The Labute approximate surface area is 229 Å². The van der Waals surface area contributed by atoms with Crippen molar-refractivity contribution in [2.45, 2.75) is 19.3 Å². The first-order valence-electron chi connectivity index (χ1n) is 12.1. The molecule has 14 heteroatoms. The lowest BCUT2D eigenvalue weighted by molar-refractivity contribution is -0.137. The van der Waals surface area contributed by atoms with Gasteiger partial charge in [0.25, 0.3) is 0 Å². The van der Waals surface area contributed by atoms with Crippen molar-refractivity contribution in [1.82, 2.24) is 24.3 Å². The number of imidazole rings is 1. The molecular formula is C27H22F4N6O4. The molecule has 0 radical (unpaired) electrons. The molecule has 2 aromatic heterocycles. The highest BCUT2D eigenvalue weighted by Crippen LogP contribution is 2.39. The molecule has 2 heterocycles. The molecule has 0 saturated heterocycles. The van der Waals surface area contributed by atoms with Crippen LogP contribution in [0.5, 0.6) is 11.5 Å². The van der Waals surface area contributed by atoms with E-state index in [1.807, 2.05) is 0 Å². The maximum Gasteiger partial charge on any atom is 0.416 e. The summed E-state index contributed by atoms with van der Waals surface area (Å²) in [4.78, 5) is 29.9. The third kappa shape index (κ3) is 5.62. The van der Waals surface area contributed by atoms with Crippen LogP contribution in [0.15, 0.2) is 65.7 Å². The number of carbonyl (C=O) groups is 1. The van der Waals surface area contributed by atoms with E-state index in [-0.39, 0.29) is 34.6 Å². The van der Waals surface area contributed by atoms with Gasteiger partial charge in [-0.1, -0.05) is 6.07 Å². The van der Waals surface area contributed by atoms with Crippen LogP contribution in [0.4, 0.5) is 23.2 Å². The van der Waals surface area contributed by atoms with E-state index in [0.717, 1.165) is 28.8 Å². The first-order chi connectivity index (χ1) is 19.5. The summed E-state index contributed by atoms with van der Waals surface area (Å²) >= 11 is 0. The average Bonchev–Trinajstić information content (AvgIpc) is 3.55. The lowest BCUT2D eigenvalue weighted by atomic mass is 10.00. The minimum absolute atomic E-state index is 0.0425. The predicted octanol–water partition coefficient (Wildman–Crippen LogP) is 4.51. The normalized spacial score (nSPS) is 11.6. The molecule has 5 aromatic rings. The average molecular weight is 571 g/mol. The van der Waals surface area contributed by atoms with Gasteiger partial charge in [-0.15, -0.1) is 0 Å². The summed E-state index contributed by atoms with van der Waals surface area (Å²) in [5.41, 5.74) is -0.965. The summed E-state index contributed by atoms with van der Waals surface area (Å²) in [6.07, 6.45) is -3.43. The number of hydrogen-bond acceptors (Lipinski definition) is 6. The Balaban J connectivity index is 1.57. The number of rotatable bonds is 8. The molecular weight excluding hydrogens is 548 g/mol. The lowest BCUT2D eigenvalue weighted by Gasteiger charge is -2.15. The van der Waals surface area contributed by atoms with Crippen molar-refractivity contribution < 1.29 is 31.8 Å². The molecule has 10 nitrogen and oxygen atoms in total. The van der Waals surface area contributed by atoms with Crippen LogP contribution in [0.3, 0.4) is 0 Å². The number of hydrogen-bond donors (Lipinski definition) is 2. The maximum absolute atomic E-state index is 14.0. The van der Waals surface area contributed by atoms with Crippen LogP contribution in [0.2, 0.25) is 0 Å². The monoisotopic (exact) mass is 570 g/mol. The number of fused-ring (bicyclic) bond motifs is 1. The van der Waals surface area contributed by atoms with Crippen LogP contribution < -0.4 is 20.5 Å². The molecule has 0 aliphatic carbocycles. The first kappa shape index (κ1) is 27.4. The molecule has 0 aliphatic heterocycles. The number of benzene rings is 3. The number of amides is 1. The van der Waals surface area contributed by atoms with Crippen molar-refractivity contribution in [2.24, 2.45) is 7.05 Å². The van der Waals surface area contributed by atoms with E-state index >= 15 is 0 Å². The Morgan fingerprint density at radius 3 is 2.49 bits per heavy atom. The Bertz CT molecular complexity index is 1780. The minimum Gasteiger partial charge on any atom is -0.493 e. The van der Waals surface area contributed by atoms with Crippen molar-refractivity contribution in [2.75, 3.05) is 12.4 Å². The van der Waals surface area contributed by atoms with Crippen molar-refractivity contribution >= 4 is 22.6 Å². The third-order valence-corrected chi connectivity index (χ3v) is 6.29. The molecule has 0 unspecified atom stereocenters. The molecule has 0 aliphatic rings. The smallest absolute Gasteiger partial charge is 0.416 e. The van der Waals surface area contributed by atoms with Crippen molar-refractivity contribution in [1.29, 1.82) is 0 Å². The summed E-state index contributed by atoms with van der Waals surface area (Å²) in [7, 11) is 2.79. The summed E-state index contributed by atoms with van der Waals surface area (Å²) in [6, 6.07) is 11.3. The Kier molecular flexibility index (Phi) is 7.22. The highest BCUT2D eigenvalue weighted by Gasteiger charge is 2.33. The molecule has 0 bridgehead atoms. The fraction of sp³-hybridized carbons (Fsp3) is 0.185. The Hall–Kier alpha value is -5.14. The second kappa shape index (κ2) is 10.8. The van der Waals surface area contributed by atoms with Gasteiger partial charge in [-0.05, 0) is 54.1 Å². The van der Waals surface area contributed by atoms with Gasteiger partial charge in [0.05, 0.1) is 23.7 Å². The number of aromatic amines is 1. The topological polar surface area (TPSA) is 116 Å². The summed E-state index contributed by atoms with van der Waals surface area (Å²) < 4.78 is 68.5. The fourth-order valence-corrected chi connectivity index (χ4v) is 4.37. The number of methoxy groups -OCH3 is 1. The van der Waals surface area contributed by atoms with Crippen LogP contribution in [0.25, 0.3) is 22.2 Å².